The summed E-state index contributed by atoms with van der Waals surface area (Å²) in [5.74, 6) is 0.101. The molecule has 0 saturated carbocycles. The number of hydrogen-bond donors (Lipinski definition) is 0. The molecule has 0 nitrogen and oxygen atoms in total. The molecule has 0 aliphatic rings. The van der Waals surface area contributed by atoms with Crippen LogP contribution >= 0.6 is 23.2 Å². The molecule has 0 heterocycles. The van der Waals surface area contributed by atoms with E-state index in [9.17, 15) is 4.39 Å². The van der Waals surface area contributed by atoms with Gasteiger partial charge in [0.15, 0.2) is 0 Å². The fraction of sp³-hybridized carbons (Fsp3) is 0.0769. The fourth-order valence-corrected chi connectivity index (χ4v) is 1.89. The van der Waals surface area contributed by atoms with E-state index >= 15 is 0 Å². The third kappa shape index (κ3) is 2.37. The molecule has 0 spiro atoms. The molecule has 0 aliphatic carbocycles. The van der Waals surface area contributed by atoms with Gasteiger partial charge >= 0.3 is 0 Å². The van der Waals surface area contributed by atoms with Gasteiger partial charge in [0.1, 0.15) is 5.82 Å². The molecule has 0 amide bonds. The number of rotatable bonds is 2. The van der Waals surface area contributed by atoms with E-state index in [1.807, 2.05) is 6.07 Å². The van der Waals surface area contributed by atoms with E-state index in [1.165, 1.54) is 6.07 Å². The highest BCUT2D eigenvalue weighted by Crippen LogP contribution is 2.26. The van der Waals surface area contributed by atoms with Crippen LogP contribution in [0.25, 0.3) is 11.1 Å². The third-order valence-electron chi connectivity index (χ3n) is 2.32. The minimum Gasteiger partial charge on any atom is -0.206 e. The van der Waals surface area contributed by atoms with Gasteiger partial charge in [0.25, 0.3) is 0 Å². The summed E-state index contributed by atoms with van der Waals surface area (Å²) in [4.78, 5) is 0. The highest BCUT2D eigenvalue weighted by molar-refractivity contribution is 6.30. The standard InChI is InChI=1S/C13H9Cl2F/c14-8-9-4-5-13(16)12(6-9)10-2-1-3-11(15)7-10/h1-7H,8H2. The maximum atomic E-state index is 13.6. The Labute approximate surface area is 104 Å². The summed E-state index contributed by atoms with van der Waals surface area (Å²) in [7, 11) is 0. The van der Waals surface area contributed by atoms with Crippen LogP contribution < -0.4 is 0 Å². The number of alkyl halides is 1. The van der Waals surface area contributed by atoms with Crippen LogP contribution in [0.3, 0.4) is 0 Å². The average molecular weight is 255 g/mol. The Balaban J connectivity index is 2.54. The molecule has 0 bridgehead atoms. The van der Waals surface area contributed by atoms with Gasteiger partial charge in [-0.05, 0) is 35.4 Å². The summed E-state index contributed by atoms with van der Waals surface area (Å²) in [5.41, 5.74) is 2.18. The highest BCUT2D eigenvalue weighted by Gasteiger charge is 2.06. The van der Waals surface area contributed by atoms with Crippen molar-refractivity contribution in [3.05, 3.63) is 58.9 Å². The quantitative estimate of drug-likeness (QED) is 0.670. The van der Waals surface area contributed by atoms with Gasteiger partial charge in [-0.3, -0.25) is 0 Å². The molecule has 0 aromatic heterocycles. The summed E-state index contributed by atoms with van der Waals surface area (Å²) in [6, 6.07) is 12.0. The molecule has 82 valence electrons. The van der Waals surface area contributed by atoms with Crippen LogP contribution in [0.2, 0.25) is 5.02 Å². The second-order valence-electron chi connectivity index (χ2n) is 3.46. The second kappa shape index (κ2) is 4.86. The molecule has 0 saturated heterocycles. The molecule has 0 fully saturated rings. The van der Waals surface area contributed by atoms with Gasteiger partial charge in [-0.1, -0.05) is 29.8 Å². The Bertz CT molecular complexity index is 509. The predicted molar refractivity (Wildman–Crippen MR) is 66.4 cm³/mol. The monoisotopic (exact) mass is 254 g/mol. The van der Waals surface area contributed by atoms with Crippen LogP contribution in [0.4, 0.5) is 4.39 Å². The zero-order valence-corrected chi connectivity index (χ0v) is 9.89. The molecule has 0 atom stereocenters. The van der Waals surface area contributed by atoms with E-state index in [0.29, 0.717) is 16.5 Å². The third-order valence-corrected chi connectivity index (χ3v) is 2.86. The van der Waals surface area contributed by atoms with Crippen molar-refractivity contribution < 1.29 is 4.39 Å². The van der Waals surface area contributed by atoms with Crippen LogP contribution in [-0.4, -0.2) is 0 Å². The largest absolute Gasteiger partial charge is 0.206 e. The van der Waals surface area contributed by atoms with Crippen molar-refractivity contribution in [2.24, 2.45) is 0 Å². The van der Waals surface area contributed by atoms with Crippen LogP contribution in [0, 0.1) is 5.82 Å². The van der Waals surface area contributed by atoms with Crippen molar-refractivity contribution in [3.63, 3.8) is 0 Å². The molecule has 2 aromatic carbocycles. The van der Waals surface area contributed by atoms with Crippen molar-refractivity contribution in [2.75, 3.05) is 0 Å². The molecule has 0 radical (unpaired) electrons. The lowest BCUT2D eigenvalue weighted by Crippen LogP contribution is -1.87. The summed E-state index contributed by atoms with van der Waals surface area (Å²) >= 11 is 11.6. The van der Waals surface area contributed by atoms with Crippen LogP contribution in [0.5, 0.6) is 0 Å². The Kier molecular flexibility index (Phi) is 3.47. The molecule has 2 aromatic rings. The average Bonchev–Trinajstić information content (AvgIpc) is 2.30. The number of benzene rings is 2. The smallest absolute Gasteiger partial charge is 0.131 e. The Morgan fingerprint density at radius 3 is 2.56 bits per heavy atom. The second-order valence-corrected chi connectivity index (χ2v) is 4.16. The SMILES string of the molecule is Fc1ccc(CCl)cc1-c1cccc(Cl)c1. The summed E-state index contributed by atoms with van der Waals surface area (Å²) < 4.78 is 13.6. The van der Waals surface area contributed by atoms with E-state index in [2.05, 4.69) is 0 Å². The molecule has 2 rings (SSSR count). The van der Waals surface area contributed by atoms with Gasteiger partial charge in [-0.25, -0.2) is 4.39 Å². The van der Waals surface area contributed by atoms with E-state index in [0.717, 1.165) is 11.1 Å². The normalized spacial score (nSPS) is 10.4. The zero-order chi connectivity index (χ0) is 11.5. The van der Waals surface area contributed by atoms with Crippen molar-refractivity contribution in [1.82, 2.24) is 0 Å². The summed E-state index contributed by atoms with van der Waals surface area (Å²) in [6.07, 6.45) is 0. The van der Waals surface area contributed by atoms with E-state index < -0.39 is 0 Å². The van der Waals surface area contributed by atoms with Gasteiger partial charge in [-0.2, -0.15) is 0 Å². The first-order chi connectivity index (χ1) is 7.70. The Hall–Kier alpha value is -1.05. The molecular weight excluding hydrogens is 246 g/mol. The van der Waals surface area contributed by atoms with Gasteiger partial charge < -0.3 is 0 Å². The van der Waals surface area contributed by atoms with Crippen LogP contribution in [-0.2, 0) is 5.88 Å². The minimum atomic E-state index is -0.267. The first-order valence-electron chi connectivity index (χ1n) is 4.81. The predicted octanol–water partition coefficient (Wildman–Crippen LogP) is 4.88. The minimum absolute atomic E-state index is 0.267. The first-order valence-corrected chi connectivity index (χ1v) is 5.72. The first kappa shape index (κ1) is 11.4. The van der Waals surface area contributed by atoms with Gasteiger partial charge in [0.05, 0.1) is 0 Å². The highest BCUT2D eigenvalue weighted by atomic mass is 35.5. The molecule has 3 heteroatoms. The molecular formula is C13H9Cl2F. The van der Waals surface area contributed by atoms with E-state index in [-0.39, 0.29) is 5.82 Å². The lowest BCUT2D eigenvalue weighted by molar-refractivity contribution is 0.631. The topological polar surface area (TPSA) is 0 Å². The van der Waals surface area contributed by atoms with Gasteiger partial charge in [0.2, 0.25) is 0 Å². The molecule has 0 unspecified atom stereocenters. The Morgan fingerprint density at radius 2 is 1.88 bits per heavy atom. The van der Waals surface area contributed by atoms with Crippen LogP contribution in [0.15, 0.2) is 42.5 Å². The Morgan fingerprint density at radius 1 is 1.06 bits per heavy atom. The van der Waals surface area contributed by atoms with Crippen molar-refractivity contribution in [2.45, 2.75) is 5.88 Å². The molecule has 0 aliphatic heterocycles. The van der Waals surface area contributed by atoms with Gasteiger partial charge in [0, 0.05) is 16.5 Å². The van der Waals surface area contributed by atoms with Gasteiger partial charge in [-0.15, -0.1) is 11.6 Å². The number of halogens is 3. The number of hydrogen-bond acceptors (Lipinski definition) is 0. The van der Waals surface area contributed by atoms with E-state index in [1.54, 1.807) is 30.3 Å². The van der Waals surface area contributed by atoms with Crippen molar-refractivity contribution in [3.8, 4) is 11.1 Å². The lowest BCUT2D eigenvalue weighted by Gasteiger charge is -2.05. The maximum absolute atomic E-state index is 13.6. The van der Waals surface area contributed by atoms with Crippen LogP contribution in [0.1, 0.15) is 5.56 Å². The maximum Gasteiger partial charge on any atom is 0.131 e. The fourth-order valence-electron chi connectivity index (χ4n) is 1.53. The zero-order valence-electron chi connectivity index (χ0n) is 8.38. The van der Waals surface area contributed by atoms with E-state index in [4.69, 9.17) is 23.2 Å². The molecule has 0 N–H and O–H groups in total. The van der Waals surface area contributed by atoms with Crippen molar-refractivity contribution >= 4 is 23.2 Å². The lowest BCUT2D eigenvalue weighted by atomic mass is 10.0. The summed E-state index contributed by atoms with van der Waals surface area (Å²) in [6.45, 7) is 0. The van der Waals surface area contributed by atoms with Crippen molar-refractivity contribution in [1.29, 1.82) is 0 Å². The summed E-state index contributed by atoms with van der Waals surface area (Å²) in [5, 5.41) is 0.591. The molecule has 16 heavy (non-hydrogen) atoms.